The number of amides is 1. The van der Waals surface area contributed by atoms with Gasteiger partial charge >= 0.3 is 0 Å². The Hall–Kier alpha value is -3.08. The molecule has 2 atom stereocenters. The summed E-state index contributed by atoms with van der Waals surface area (Å²) in [6.45, 7) is 1.61. The Morgan fingerprint density at radius 3 is 2.15 bits per heavy atom. The molecule has 1 amide bonds. The molecule has 0 radical (unpaired) electrons. The van der Waals surface area contributed by atoms with Crippen LogP contribution in [0, 0.1) is 11.8 Å². The first-order valence-corrected chi connectivity index (χ1v) is 8.64. The molecule has 1 fully saturated rings. The predicted molar refractivity (Wildman–Crippen MR) is 97.1 cm³/mol. The van der Waals surface area contributed by atoms with Crippen molar-refractivity contribution < 1.29 is 14.4 Å². The van der Waals surface area contributed by atoms with Crippen LogP contribution in [0.3, 0.4) is 0 Å². The summed E-state index contributed by atoms with van der Waals surface area (Å²) < 4.78 is 0. The Morgan fingerprint density at radius 1 is 0.962 bits per heavy atom. The topological polar surface area (TPSA) is 75.6 Å². The van der Waals surface area contributed by atoms with Crippen molar-refractivity contribution in [2.24, 2.45) is 16.9 Å². The van der Waals surface area contributed by atoms with Crippen molar-refractivity contribution in [3.63, 3.8) is 0 Å². The molecule has 0 bridgehead atoms. The number of nitrogens with zero attached hydrogens (tertiary/aromatic N) is 1. The molecule has 26 heavy (non-hydrogen) atoms. The van der Waals surface area contributed by atoms with Crippen molar-refractivity contribution in [1.82, 2.24) is 5.43 Å². The maximum Gasteiger partial charge on any atom is 0.243 e. The van der Waals surface area contributed by atoms with Crippen molar-refractivity contribution in [3.05, 3.63) is 71.3 Å². The molecule has 0 saturated heterocycles. The number of benzene rings is 2. The third-order valence-electron chi connectivity index (χ3n) is 5.10. The second kappa shape index (κ2) is 6.33. The summed E-state index contributed by atoms with van der Waals surface area (Å²) in [7, 11) is 0. The summed E-state index contributed by atoms with van der Waals surface area (Å²) in [6, 6.07) is 16.7. The van der Waals surface area contributed by atoms with E-state index in [1.165, 1.54) is 0 Å². The van der Waals surface area contributed by atoms with Crippen LogP contribution < -0.4 is 5.43 Å². The zero-order valence-corrected chi connectivity index (χ0v) is 14.3. The number of hydrogen-bond acceptors (Lipinski definition) is 4. The second-order valence-corrected chi connectivity index (χ2v) is 6.80. The van der Waals surface area contributed by atoms with Crippen LogP contribution in [0.5, 0.6) is 0 Å². The normalized spacial score (nSPS) is 22.3. The average molecular weight is 346 g/mol. The number of Topliss-reactive ketones (excluding diaryl/α,β-unsaturated/α-hetero) is 2. The van der Waals surface area contributed by atoms with Gasteiger partial charge in [0.15, 0.2) is 11.6 Å². The molecular formula is C21H18N2O3. The number of hydrazone groups is 1. The number of carbonyl (C=O) groups is 3. The van der Waals surface area contributed by atoms with Gasteiger partial charge in [0, 0.05) is 17.0 Å². The molecular weight excluding hydrogens is 328 g/mol. The molecule has 1 saturated carbocycles. The van der Waals surface area contributed by atoms with Crippen molar-refractivity contribution in [3.8, 4) is 0 Å². The number of nitrogens with one attached hydrogen (secondary N) is 1. The SMILES string of the molecule is C/C(=N/NC(=O)[C@H]1C[C@@H]1c1ccccc1)C1C(=O)c2ccccc2C1=O. The third kappa shape index (κ3) is 2.75. The fourth-order valence-corrected chi connectivity index (χ4v) is 3.57. The second-order valence-electron chi connectivity index (χ2n) is 6.80. The maximum absolute atomic E-state index is 12.5. The molecule has 2 aromatic rings. The lowest BCUT2D eigenvalue weighted by Crippen LogP contribution is -2.28. The molecule has 0 heterocycles. The number of hydrogen-bond donors (Lipinski definition) is 1. The molecule has 5 nitrogen and oxygen atoms in total. The average Bonchev–Trinajstić information content (AvgIpc) is 3.43. The molecule has 0 unspecified atom stereocenters. The molecule has 4 rings (SSSR count). The van der Waals surface area contributed by atoms with E-state index in [2.05, 4.69) is 10.5 Å². The van der Waals surface area contributed by atoms with Crippen LogP contribution in [0.4, 0.5) is 0 Å². The lowest BCUT2D eigenvalue weighted by molar-refractivity contribution is -0.122. The van der Waals surface area contributed by atoms with Crippen molar-refractivity contribution in [2.75, 3.05) is 0 Å². The van der Waals surface area contributed by atoms with Crippen molar-refractivity contribution >= 4 is 23.2 Å². The molecule has 2 aromatic carbocycles. The van der Waals surface area contributed by atoms with Crippen LogP contribution in [0.1, 0.15) is 45.5 Å². The molecule has 1 N–H and O–H groups in total. The predicted octanol–water partition coefficient (Wildman–Crippen LogP) is 2.98. The number of rotatable bonds is 4. The van der Waals surface area contributed by atoms with Crippen LogP contribution >= 0.6 is 0 Å². The number of fused-ring (bicyclic) bond motifs is 1. The highest BCUT2D eigenvalue weighted by Gasteiger charge is 2.44. The Morgan fingerprint density at radius 2 is 1.54 bits per heavy atom. The smallest absolute Gasteiger partial charge is 0.243 e. The Bertz CT molecular complexity index is 898. The maximum atomic E-state index is 12.5. The van der Waals surface area contributed by atoms with Gasteiger partial charge in [-0.25, -0.2) is 5.43 Å². The molecule has 0 aromatic heterocycles. The van der Waals surface area contributed by atoms with Gasteiger partial charge in [-0.2, -0.15) is 5.10 Å². The monoisotopic (exact) mass is 346 g/mol. The van der Waals surface area contributed by atoms with E-state index in [1.54, 1.807) is 31.2 Å². The molecule has 0 spiro atoms. The minimum Gasteiger partial charge on any atom is -0.293 e. The van der Waals surface area contributed by atoms with Crippen LogP contribution in [0.2, 0.25) is 0 Å². The first-order chi connectivity index (χ1) is 12.6. The van der Waals surface area contributed by atoms with Gasteiger partial charge in [0.1, 0.15) is 5.92 Å². The highest BCUT2D eigenvalue weighted by molar-refractivity contribution is 6.36. The molecule has 130 valence electrons. The van der Waals surface area contributed by atoms with Gasteiger partial charge in [-0.05, 0) is 24.8 Å². The fourth-order valence-electron chi connectivity index (χ4n) is 3.57. The number of ketones is 2. The number of carbonyl (C=O) groups excluding carboxylic acids is 3. The van der Waals surface area contributed by atoms with Gasteiger partial charge in [0.25, 0.3) is 0 Å². The lowest BCUT2D eigenvalue weighted by atomic mass is 9.99. The van der Waals surface area contributed by atoms with E-state index < -0.39 is 5.92 Å². The Kier molecular flexibility index (Phi) is 3.99. The minimum absolute atomic E-state index is 0.110. The van der Waals surface area contributed by atoms with Gasteiger partial charge < -0.3 is 0 Å². The van der Waals surface area contributed by atoms with Gasteiger partial charge in [0.05, 0.1) is 5.71 Å². The molecule has 2 aliphatic carbocycles. The standard InChI is InChI=1S/C21H18N2O3/c1-12(18-19(24)14-9-5-6-10-15(14)20(18)25)22-23-21(26)17-11-16(17)13-7-3-2-4-8-13/h2-10,16-18H,11H2,1H3,(H,23,26)/b22-12-/t16-,17+/m1/s1. The van der Waals surface area contributed by atoms with Gasteiger partial charge in [-0.3, -0.25) is 14.4 Å². The van der Waals surface area contributed by atoms with Gasteiger partial charge in [-0.1, -0.05) is 54.6 Å². The first kappa shape index (κ1) is 16.4. The molecule has 2 aliphatic rings. The zero-order chi connectivity index (χ0) is 18.3. The van der Waals surface area contributed by atoms with E-state index >= 15 is 0 Å². The van der Waals surface area contributed by atoms with Crippen LogP contribution in [-0.2, 0) is 4.79 Å². The quantitative estimate of drug-likeness (QED) is 0.525. The van der Waals surface area contributed by atoms with Crippen molar-refractivity contribution in [1.29, 1.82) is 0 Å². The third-order valence-corrected chi connectivity index (χ3v) is 5.10. The van der Waals surface area contributed by atoms with Crippen LogP contribution in [-0.4, -0.2) is 23.2 Å². The Balaban J connectivity index is 1.43. The van der Waals surface area contributed by atoms with Gasteiger partial charge in [-0.15, -0.1) is 0 Å². The van der Waals surface area contributed by atoms with E-state index in [4.69, 9.17) is 0 Å². The summed E-state index contributed by atoms with van der Waals surface area (Å²) in [5.74, 6) is -1.51. The summed E-state index contributed by atoms with van der Waals surface area (Å²) in [5.41, 5.74) is 4.85. The summed E-state index contributed by atoms with van der Waals surface area (Å²) in [6.07, 6.45) is 0.789. The zero-order valence-electron chi connectivity index (χ0n) is 14.3. The van der Waals surface area contributed by atoms with Crippen molar-refractivity contribution in [2.45, 2.75) is 19.3 Å². The van der Waals surface area contributed by atoms with E-state index in [1.807, 2.05) is 30.3 Å². The highest BCUT2D eigenvalue weighted by Crippen LogP contribution is 2.47. The largest absolute Gasteiger partial charge is 0.293 e. The van der Waals surface area contributed by atoms with E-state index in [0.717, 1.165) is 12.0 Å². The molecule has 0 aliphatic heterocycles. The fraction of sp³-hybridized carbons (Fsp3) is 0.238. The van der Waals surface area contributed by atoms with Crippen LogP contribution in [0.15, 0.2) is 59.7 Å². The van der Waals surface area contributed by atoms with Crippen LogP contribution in [0.25, 0.3) is 0 Å². The summed E-state index contributed by atoms with van der Waals surface area (Å²) >= 11 is 0. The molecule has 5 heteroatoms. The lowest BCUT2D eigenvalue weighted by Gasteiger charge is -2.07. The van der Waals surface area contributed by atoms with Gasteiger partial charge in [0.2, 0.25) is 5.91 Å². The van der Waals surface area contributed by atoms with E-state index in [-0.39, 0.29) is 29.3 Å². The first-order valence-electron chi connectivity index (χ1n) is 8.64. The highest BCUT2D eigenvalue weighted by atomic mass is 16.2. The van der Waals surface area contributed by atoms with E-state index in [9.17, 15) is 14.4 Å². The minimum atomic E-state index is -0.933. The summed E-state index contributed by atoms with van der Waals surface area (Å²) in [4.78, 5) is 37.2. The van der Waals surface area contributed by atoms with E-state index in [0.29, 0.717) is 16.8 Å². The summed E-state index contributed by atoms with van der Waals surface area (Å²) in [5, 5.41) is 4.05. The Labute approximate surface area is 151 Å².